The van der Waals surface area contributed by atoms with Gasteiger partial charge in [0, 0.05) is 57.1 Å². The van der Waals surface area contributed by atoms with Crippen LogP contribution in [0.3, 0.4) is 0 Å². The number of aromatic nitrogens is 2. The molecule has 6 heteroatoms. The van der Waals surface area contributed by atoms with Crippen molar-refractivity contribution in [1.29, 1.82) is 0 Å². The Balaban J connectivity index is 1.26. The van der Waals surface area contributed by atoms with Gasteiger partial charge in [-0.2, -0.15) is 0 Å². The van der Waals surface area contributed by atoms with Gasteiger partial charge in [-0.05, 0) is 56.2 Å². The lowest BCUT2D eigenvalue weighted by Crippen LogP contribution is -2.40. The summed E-state index contributed by atoms with van der Waals surface area (Å²) in [6.07, 6.45) is 5.49. The highest BCUT2D eigenvalue weighted by atomic mass is 16.1. The summed E-state index contributed by atoms with van der Waals surface area (Å²) in [5.74, 6) is 1.01. The van der Waals surface area contributed by atoms with E-state index in [0.29, 0.717) is 6.54 Å². The number of carbonyl (C=O) groups is 1. The largest absolute Gasteiger partial charge is 0.355 e. The summed E-state index contributed by atoms with van der Waals surface area (Å²) in [6.45, 7) is 9.71. The maximum Gasteiger partial charge on any atom is 0.225 e. The summed E-state index contributed by atoms with van der Waals surface area (Å²) in [7, 11) is 0. The van der Waals surface area contributed by atoms with Crippen LogP contribution in [0.25, 0.3) is 0 Å². The molecule has 0 bridgehead atoms. The lowest BCUT2D eigenvalue weighted by Gasteiger charge is -2.29. The molecule has 0 radical (unpaired) electrons. The third kappa shape index (κ3) is 4.64. The summed E-state index contributed by atoms with van der Waals surface area (Å²) in [4.78, 5) is 26.6. The highest BCUT2D eigenvalue weighted by molar-refractivity contribution is 5.79. The van der Waals surface area contributed by atoms with Gasteiger partial charge in [0.05, 0.1) is 0 Å². The van der Waals surface area contributed by atoms with Crippen molar-refractivity contribution in [3.05, 3.63) is 52.8 Å². The summed E-state index contributed by atoms with van der Waals surface area (Å²) in [5.41, 5.74) is 5.13. The number of carbonyl (C=O) groups excluding carboxylic acids is 1. The van der Waals surface area contributed by atoms with E-state index >= 15 is 0 Å². The maximum atomic E-state index is 12.7. The summed E-state index contributed by atoms with van der Waals surface area (Å²) >= 11 is 0. The standard InChI is InChI=1S/C24H33N5O/c1-3-29(4-2)24-26-16-21-15-19(9-10-22(21)27-24)23(30)25-12-14-28-13-11-18-7-5-6-8-20(18)17-28/h5-8,16,19H,3-4,9-15,17H2,1-2H3,(H,25,30)/t19-/m0/s1. The molecule has 2 aliphatic rings. The van der Waals surface area contributed by atoms with Crippen LogP contribution in [-0.4, -0.2) is 53.5 Å². The van der Waals surface area contributed by atoms with E-state index in [2.05, 4.69) is 58.2 Å². The summed E-state index contributed by atoms with van der Waals surface area (Å²) in [5, 5.41) is 3.17. The molecule has 1 aromatic heterocycles. The van der Waals surface area contributed by atoms with Crippen LogP contribution >= 0.6 is 0 Å². The number of anilines is 1. The third-order valence-corrected chi connectivity index (χ3v) is 6.49. The minimum Gasteiger partial charge on any atom is -0.355 e. The zero-order valence-electron chi connectivity index (χ0n) is 18.2. The second-order valence-corrected chi connectivity index (χ2v) is 8.34. The zero-order chi connectivity index (χ0) is 20.9. The lowest BCUT2D eigenvalue weighted by atomic mass is 9.86. The second-order valence-electron chi connectivity index (χ2n) is 8.34. The first-order chi connectivity index (χ1) is 14.7. The van der Waals surface area contributed by atoms with Gasteiger partial charge >= 0.3 is 0 Å². The maximum absolute atomic E-state index is 12.7. The van der Waals surface area contributed by atoms with Gasteiger partial charge in [0.2, 0.25) is 11.9 Å². The van der Waals surface area contributed by atoms with Gasteiger partial charge in [-0.25, -0.2) is 9.97 Å². The van der Waals surface area contributed by atoms with Crippen molar-refractivity contribution in [3.63, 3.8) is 0 Å². The lowest BCUT2D eigenvalue weighted by molar-refractivity contribution is -0.125. The Morgan fingerprint density at radius 3 is 2.77 bits per heavy atom. The Hall–Kier alpha value is -2.47. The first kappa shape index (κ1) is 20.8. The van der Waals surface area contributed by atoms with Crippen molar-refractivity contribution in [2.45, 2.75) is 46.1 Å². The predicted octanol–water partition coefficient (Wildman–Crippen LogP) is 2.60. The van der Waals surface area contributed by atoms with Crippen LogP contribution in [0.5, 0.6) is 0 Å². The van der Waals surface area contributed by atoms with E-state index in [4.69, 9.17) is 4.98 Å². The molecule has 1 aliphatic carbocycles. The number of nitrogens with one attached hydrogen (secondary N) is 1. The first-order valence-electron chi connectivity index (χ1n) is 11.3. The van der Waals surface area contributed by atoms with E-state index in [1.807, 2.05) is 6.20 Å². The van der Waals surface area contributed by atoms with Gasteiger partial charge in [-0.1, -0.05) is 24.3 Å². The monoisotopic (exact) mass is 407 g/mol. The number of fused-ring (bicyclic) bond motifs is 2. The molecule has 0 saturated heterocycles. The molecule has 1 atom stereocenters. The molecule has 2 heterocycles. The van der Waals surface area contributed by atoms with Crippen LogP contribution in [0.15, 0.2) is 30.5 Å². The van der Waals surface area contributed by atoms with E-state index in [-0.39, 0.29) is 11.8 Å². The number of hydrogen-bond acceptors (Lipinski definition) is 5. The van der Waals surface area contributed by atoms with Crippen molar-refractivity contribution in [1.82, 2.24) is 20.2 Å². The highest BCUT2D eigenvalue weighted by Crippen LogP contribution is 2.25. The number of nitrogens with zero attached hydrogens (tertiary/aromatic N) is 4. The molecule has 6 nitrogen and oxygen atoms in total. The minimum atomic E-state index is 0.0301. The number of hydrogen-bond donors (Lipinski definition) is 1. The number of aryl methyl sites for hydroxylation is 1. The number of benzene rings is 1. The fourth-order valence-corrected chi connectivity index (χ4v) is 4.61. The average molecular weight is 408 g/mol. The van der Waals surface area contributed by atoms with Crippen LogP contribution in [-0.2, 0) is 30.6 Å². The molecule has 0 spiro atoms. The fraction of sp³-hybridized carbons (Fsp3) is 0.542. The van der Waals surface area contributed by atoms with Gasteiger partial charge in [-0.15, -0.1) is 0 Å². The van der Waals surface area contributed by atoms with Gasteiger partial charge < -0.3 is 10.2 Å². The predicted molar refractivity (Wildman–Crippen MR) is 120 cm³/mol. The van der Waals surface area contributed by atoms with E-state index < -0.39 is 0 Å². The summed E-state index contributed by atoms with van der Waals surface area (Å²) in [6, 6.07) is 8.67. The Bertz CT molecular complexity index is 880. The molecular weight excluding hydrogens is 374 g/mol. The van der Waals surface area contributed by atoms with E-state index in [1.54, 1.807) is 0 Å². The van der Waals surface area contributed by atoms with Crippen LogP contribution in [0, 0.1) is 5.92 Å². The second kappa shape index (κ2) is 9.56. The Morgan fingerprint density at radius 1 is 1.17 bits per heavy atom. The van der Waals surface area contributed by atoms with Crippen molar-refractivity contribution in [2.24, 2.45) is 5.92 Å². The van der Waals surface area contributed by atoms with E-state index in [1.165, 1.54) is 11.1 Å². The van der Waals surface area contributed by atoms with Crippen LogP contribution in [0.1, 0.15) is 42.7 Å². The SMILES string of the molecule is CCN(CC)c1ncc2c(n1)CC[C@H](C(=O)NCCN1CCc3ccccc3C1)C2. The van der Waals surface area contributed by atoms with Crippen LogP contribution in [0.4, 0.5) is 5.95 Å². The molecule has 1 N–H and O–H groups in total. The quantitative estimate of drug-likeness (QED) is 0.765. The molecule has 160 valence electrons. The highest BCUT2D eigenvalue weighted by Gasteiger charge is 2.26. The molecule has 1 aliphatic heterocycles. The normalized spacial score (nSPS) is 18.4. The molecular formula is C24H33N5O. The third-order valence-electron chi connectivity index (χ3n) is 6.49. The molecule has 30 heavy (non-hydrogen) atoms. The minimum absolute atomic E-state index is 0.0301. The molecule has 2 aromatic rings. The van der Waals surface area contributed by atoms with Gasteiger partial charge in [0.25, 0.3) is 0 Å². The van der Waals surface area contributed by atoms with E-state index in [9.17, 15) is 4.79 Å². The smallest absolute Gasteiger partial charge is 0.225 e. The van der Waals surface area contributed by atoms with Gasteiger partial charge in [0.1, 0.15) is 0 Å². The van der Waals surface area contributed by atoms with Crippen LogP contribution < -0.4 is 10.2 Å². The Kier molecular flexibility index (Phi) is 6.62. The van der Waals surface area contributed by atoms with Crippen molar-refractivity contribution in [2.75, 3.05) is 37.6 Å². The topological polar surface area (TPSA) is 61.4 Å². The van der Waals surface area contributed by atoms with Crippen LogP contribution in [0.2, 0.25) is 0 Å². The summed E-state index contributed by atoms with van der Waals surface area (Å²) < 4.78 is 0. The van der Waals surface area contributed by atoms with Crippen molar-refractivity contribution < 1.29 is 4.79 Å². The van der Waals surface area contributed by atoms with Crippen molar-refractivity contribution in [3.8, 4) is 0 Å². The van der Waals surface area contributed by atoms with Gasteiger partial charge in [0.15, 0.2) is 0 Å². The Morgan fingerprint density at radius 2 is 1.97 bits per heavy atom. The van der Waals surface area contributed by atoms with E-state index in [0.717, 1.165) is 75.6 Å². The van der Waals surface area contributed by atoms with Crippen molar-refractivity contribution >= 4 is 11.9 Å². The molecule has 1 amide bonds. The Labute approximate surface area is 179 Å². The van der Waals surface area contributed by atoms with Gasteiger partial charge in [-0.3, -0.25) is 9.69 Å². The molecule has 0 fully saturated rings. The first-order valence-corrected chi connectivity index (χ1v) is 11.3. The fourth-order valence-electron chi connectivity index (χ4n) is 4.61. The number of rotatable bonds is 7. The number of amides is 1. The molecule has 1 aromatic carbocycles. The average Bonchev–Trinajstić information content (AvgIpc) is 2.79. The zero-order valence-corrected chi connectivity index (χ0v) is 18.2. The molecule has 0 saturated carbocycles. The molecule has 0 unspecified atom stereocenters. The molecule has 4 rings (SSSR count).